The molecule has 3 nitrogen and oxygen atoms in total. The van der Waals surface area contributed by atoms with Gasteiger partial charge in [0.1, 0.15) is 0 Å². The Labute approximate surface area is 120 Å². The Kier molecular flexibility index (Phi) is 4.74. The van der Waals surface area contributed by atoms with Crippen LogP contribution in [0.3, 0.4) is 0 Å². The van der Waals surface area contributed by atoms with E-state index in [1.807, 2.05) is 12.1 Å². The van der Waals surface area contributed by atoms with Crippen LogP contribution in [0.5, 0.6) is 0 Å². The molecule has 1 aliphatic rings. The minimum absolute atomic E-state index is 0.382. The lowest BCUT2D eigenvalue weighted by Crippen LogP contribution is -2.29. The van der Waals surface area contributed by atoms with Gasteiger partial charge in [0.2, 0.25) is 0 Å². The molecule has 1 fully saturated rings. The van der Waals surface area contributed by atoms with Crippen molar-refractivity contribution in [2.45, 2.75) is 36.6 Å². The molecular weight excluding hydrogens is 282 g/mol. The SMILES string of the molecule is CS(=O)(=O)c1ccc(N2CCCC2CCCCl)cc1. The van der Waals surface area contributed by atoms with Gasteiger partial charge in [0, 0.05) is 30.4 Å². The third-order valence-electron chi connectivity index (χ3n) is 3.64. The molecule has 0 bridgehead atoms. The van der Waals surface area contributed by atoms with Crippen LogP contribution in [-0.2, 0) is 9.84 Å². The van der Waals surface area contributed by atoms with Gasteiger partial charge in [0.15, 0.2) is 9.84 Å². The number of hydrogen-bond acceptors (Lipinski definition) is 3. The Morgan fingerprint density at radius 3 is 2.58 bits per heavy atom. The minimum Gasteiger partial charge on any atom is -0.369 e. The Balaban J connectivity index is 2.13. The summed E-state index contributed by atoms with van der Waals surface area (Å²) in [6, 6.07) is 7.76. The Morgan fingerprint density at radius 2 is 2.00 bits per heavy atom. The topological polar surface area (TPSA) is 37.4 Å². The number of hydrogen-bond donors (Lipinski definition) is 0. The first-order valence-corrected chi connectivity index (χ1v) is 9.07. The first-order valence-electron chi connectivity index (χ1n) is 6.65. The molecule has 106 valence electrons. The van der Waals surface area contributed by atoms with E-state index in [9.17, 15) is 8.42 Å². The number of anilines is 1. The summed E-state index contributed by atoms with van der Waals surface area (Å²) < 4.78 is 22.9. The van der Waals surface area contributed by atoms with Crippen molar-refractivity contribution in [3.05, 3.63) is 24.3 Å². The number of halogens is 1. The highest BCUT2D eigenvalue weighted by atomic mass is 35.5. The van der Waals surface area contributed by atoms with Crippen molar-refractivity contribution in [2.75, 3.05) is 23.6 Å². The maximum absolute atomic E-state index is 11.4. The quantitative estimate of drug-likeness (QED) is 0.784. The van der Waals surface area contributed by atoms with Gasteiger partial charge in [0.05, 0.1) is 4.90 Å². The van der Waals surface area contributed by atoms with E-state index in [1.54, 1.807) is 12.1 Å². The average molecular weight is 302 g/mol. The molecule has 0 radical (unpaired) electrons. The third kappa shape index (κ3) is 3.63. The van der Waals surface area contributed by atoms with Crippen LogP contribution >= 0.6 is 11.6 Å². The van der Waals surface area contributed by atoms with Gasteiger partial charge in [-0.1, -0.05) is 0 Å². The second-order valence-electron chi connectivity index (χ2n) is 5.09. The molecule has 1 saturated heterocycles. The highest BCUT2D eigenvalue weighted by Crippen LogP contribution is 2.28. The van der Waals surface area contributed by atoms with Gasteiger partial charge in [-0.05, 0) is 49.9 Å². The van der Waals surface area contributed by atoms with E-state index in [2.05, 4.69) is 4.90 Å². The molecule has 1 aliphatic heterocycles. The standard InChI is InChI=1S/C14H20ClNO2S/c1-19(17,18)14-8-6-13(7-9-14)16-11-3-5-12(16)4-2-10-15/h6-9,12H,2-5,10-11H2,1H3. The first-order chi connectivity index (χ1) is 9.02. The van der Waals surface area contributed by atoms with Gasteiger partial charge < -0.3 is 4.90 Å². The molecule has 2 rings (SSSR count). The number of rotatable bonds is 5. The van der Waals surface area contributed by atoms with Crippen LogP contribution in [0, 0.1) is 0 Å². The highest BCUT2D eigenvalue weighted by molar-refractivity contribution is 7.90. The lowest BCUT2D eigenvalue weighted by atomic mass is 10.1. The van der Waals surface area contributed by atoms with Crippen molar-refractivity contribution in [1.82, 2.24) is 0 Å². The monoisotopic (exact) mass is 301 g/mol. The zero-order chi connectivity index (χ0) is 13.9. The molecule has 0 aliphatic carbocycles. The molecule has 1 atom stereocenters. The Morgan fingerprint density at radius 1 is 1.32 bits per heavy atom. The van der Waals surface area contributed by atoms with Crippen molar-refractivity contribution in [3.8, 4) is 0 Å². The second kappa shape index (κ2) is 6.14. The van der Waals surface area contributed by atoms with Gasteiger partial charge in [-0.25, -0.2) is 8.42 Å². The molecule has 1 aromatic carbocycles. The van der Waals surface area contributed by atoms with Crippen molar-refractivity contribution < 1.29 is 8.42 Å². The fourth-order valence-electron chi connectivity index (χ4n) is 2.67. The van der Waals surface area contributed by atoms with Gasteiger partial charge in [0.25, 0.3) is 0 Å². The summed E-state index contributed by atoms with van der Waals surface area (Å²) in [5, 5.41) is 0. The van der Waals surface area contributed by atoms with Crippen LogP contribution in [0.4, 0.5) is 5.69 Å². The molecule has 1 heterocycles. The molecule has 0 amide bonds. The van der Waals surface area contributed by atoms with Crippen molar-refractivity contribution in [3.63, 3.8) is 0 Å². The maximum Gasteiger partial charge on any atom is 0.175 e. The van der Waals surface area contributed by atoms with Crippen LogP contribution in [-0.4, -0.2) is 33.1 Å². The van der Waals surface area contributed by atoms with E-state index < -0.39 is 9.84 Å². The van der Waals surface area contributed by atoms with E-state index in [0.717, 1.165) is 25.1 Å². The summed E-state index contributed by atoms with van der Waals surface area (Å²) in [4.78, 5) is 2.76. The number of sulfone groups is 1. The van der Waals surface area contributed by atoms with Crippen LogP contribution in [0.25, 0.3) is 0 Å². The highest BCUT2D eigenvalue weighted by Gasteiger charge is 2.24. The average Bonchev–Trinajstić information content (AvgIpc) is 2.83. The van der Waals surface area contributed by atoms with E-state index in [0.29, 0.717) is 16.8 Å². The second-order valence-corrected chi connectivity index (χ2v) is 7.48. The fourth-order valence-corrected chi connectivity index (χ4v) is 3.46. The van der Waals surface area contributed by atoms with Gasteiger partial charge in [-0.15, -0.1) is 11.6 Å². The summed E-state index contributed by atoms with van der Waals surface area (Å²) in [6.45, 7) is 1.05. The number of benzene rings is 1. The molecule has 1 unspecified atom stereocenters. The van der Waals surface area contributed by atoms with E-state index >= 15 is 0 Å². The summed E-state index contributed by atoms with van der Waals surface area (Å²) in [5.41, 5.74) is 1.12. The Hall–Kier alpha value is -0.740. The molecule has 0 N–H and O–H groups in total. The molecule has 0 saturated carbocycles. The Bertz CT molecular complexity index is 513. The molecule has 5 heteroatoms. The van der Waals surface area contributed by atoms with Crippen molar-refractivity contribution in [2.24, 2.45) is 0 Å². The molecule has 0 spiro atoms. The van der Waals surface area contributed by atoms with Crippen LogP contribution in [0.15, 0.2) is 29.2 Å². The predicted octanol–water partition coefficient (Wildman–Crippen LogP) is 3.08. The summed E-state index contributed by atoms with van der Waals surface area (Å²) in [6.07, 6.45) is 5.77. The molecule has 1 aromatic rings. The van der Waals surface area contributed by atoms with E-state index in [1.165, 1.54) is 19.1 Å². The van der Waals surface area contributed by atoms with Gasteiger partial charge in [-0.3, -0.25) is 0 Å². The normalized spacial score (nSPS) is 19.9. The lowest BCUT2D eigenvalue weighted by molar-refractivity contribution is 0.600. The van der Waals surface area contributed by atoms with Crippen LogP contribution in [0.1, 0.15) is 25.7 Å². The summed E-state index contributed by atoms with van der Waals surface area (Å²) in [7, 11) is -3.11. The van der Waals surface area contributed by atoms with Gasteiger partial charge >= 0.3 is 0 Å². The molecular formula is C14H20ClNO2S. The number of nitrogens with zero attached hydrogens (tertiary/aromatic N) is 1. The maximum atomic E-state index is 11.4. The van der Waals surface area contributed by atoms with Crippen molar-refractivity contribution in [1.29, 1.82) is 0 Å². The van der Waals surface area contributed by atoms with E-state index in [-0.39, 0.29) is 0 Å². The first kappa shape index (κ1) is 14.7. The fraction of sp³-hybridized carbons (Fsp3) is 0.571. The predicted molar refractivity (Wildman–Crippen MR) is 79.9 cm³/mol. The molecule has 0 aromatic heterocycles. The number of alkyl halides is 1. The summed E-state index contributed by atoms with van der Waals surface area (Å²) in [5.74, 6) is 0.706. The van der Waals surface area contributed by atoms with Gasteiger partial charge in [-0.2, -0.15) is 0 Å². The lowest BCUT2D eigenvalue weighted by Gasteiger charge is -2.26. The van der Waals surface area contributed by atoms with E-state index in [4.69, 9.17) is 11.6 Å². The zero-order valence-corrected chi connectivity index (χ0v) is 12.8. The zero-order valence-electron chi connectivity index (χ0n) is 11.2. The third-order valence-corrected chi connectivity index (χ3v) is 5.04. The summed E-state index contributed by atoms with van der Waals surface area (Å²) >= 11 is 5.76. The van der Waals surface area contributed by atoms with Crippen LogP contribution in [0.2, 0.25) is 0 Å². The van der Waals surface area contributed by atoms with Crippen molar-refractivity contribution >= 4 is 27.1 Å². The van der Waals surface area contributed by atoms with Crippen LogP contribution < -0.4 is 4.90 Å². The minimum atomic E-state index is -3.11. The smallest absolute Gasteiger partial charge is 0.175 e. The largest absolute Gasteiger partial charge is 0.369 e. The molecule has 19 heavy (non-hydrogen) atoms.